The Hall–Kier alpha value is -1.58. The minimum atomic E-state index is 0.0447. The van der Waals surface area contributed by atoms with Gasteiger partial charge < -0.3 is 11.1 Å². The predicted molar refractivity (Wildman–Crippen MR) is 61.6 cm³/mol. The van der Waals surface area contributed by atoms with E-state index in [9.17, 15) is 0 Å². The van der Waals surface area contributed by atoms with Crippen LogP contribution in [0.4, 0.5) is 0 Å². The quantitative estimate of drug-likeness (QED) is 0.499. The maximum Gasteiger partial charge on any atom is 0.185 e. The van der Waals surface area contributed by atoms with Crippen LogP contribution in [-0.2, 0) is 6.42 Å². The largest absolute Gasteiger partial charge is 0.370 e. The first kappa shape index (κ1) is 11.5. The van der Waals surface area contributed by atoms with E-state index in [-0.39, 0.29) is 5.96 Å². The van der Waals surface area contributed by atoms with E-state index in [0.717, 1.165) is 19.4 Å². The Morgan fingerprint density at radius 3 is 3.07 bits per heavy atom. The van der Waals surface area contributed by atoms with Gasteiger partial charge in [0.1, 0.15) is 0 Å². The van der Waals surface area contributed by atoms with Crippen molar-refractivity contribution in [2.24, 2.45) is 11.7 Å². The molecule has 0 saturated heterocycles. The molecule has 1 aromatic heterocycles. The molecule has 82 valence electrons. The van der Waals surface area contributed by atoms with E-state index >= 15 is 0 Å². The molecule has 0 spiro atoms. The van der Waals surface area contributed by atoms with Crippen LogP contribution < -0.4 is 11.1 Å². The summed E-state index contributed by atoms with van der Waals surface area (Å²) in [5.74, 6) is 0.553. The Balaban J connectivity index is 2.22. The van der Waals surface area contributed by atoms with Crippen LogP contribution in [0.2, 0.25) is 0 Å². The minimum Gasteiger partial charge on any atom is -0.370 e. The lowest BCUT2D eigenvalue weighted by atomic mass is 10.0. The van der Waals surface area contributed by atoms with Gasteiger partial charge in [-0.1, -0.05) is 13.0 Å². The number of aromatic nitrogens is 1. The van der Waals surface area contributed by atoms with E-state index in [1.54, 1.807) is 6.20 Å². The fraction of sp³-hybridized carbons (Fsp3) is 0.455. The van der Waals surface area contributed by atoms with Crippen molar-refractivity contribution >= 4 is 5.96 Å². The van der Waals surface area contributed by atoms with E-state index in [1.165, 1.54) is 5.56 Å². The fourth-order valence-electron chi connectivity index (χ4n) is 1.35. The summed E-state index contributed by atoms with van der Waals surface area (Å²) < 4.78 is 0. The molecule has 0 saturated carbocycles. The maximum absolute atomic E-state index is 7.04. The van der Waals surface area contributed by atoms with Crippen LogP contribution >= 0.6 is 0 Å². The molecule has 0 radical (unpaired) electrons. The molecule has 0 aromatic carbocycles. The third kappa shape index (κ3) is 5.00. The molecule has 1 unspecified atom stereocenters. The molecule has 4 heteroatoms. The van der Waals surface area contributed by atoms with E-state index in [4.69, 9.17) is 11.1 Å². The highest BCUT2D eigenvalue weighted by Gasteiger charge is 2.02. The summed E-state index contributed by atoms with van der Waals surface area (Å²) in [6.45, 7) is 2.90. The molecule has 0 aliphatic rings. The standard InChI is InChI=1S/C11H18N4/c1-9(7-15-11(12)13)4-5-10-3-2-6-14-8-10/h2-3,6,8-9H,4-5,7H2,1H3,(H4,12,13,15). The molecule has 0 aliphatic heterocycles. The van der Waals surface area contributed by atoms with Crippen LogP contribution in [0.3, 0.4) is 0 Å². The van der Waals surface area contributed by atoms with Crippen LogP contribution in [0.1, 0.15) is 18.9 Å². The molecule has 1 rings (SSSR count). The lowest BCUT2D eigenvalue weighted by Crippen LogP contribution is -2.33. The van der Waals surface area contributed by atoms with Crippen molar-refractivity contribution in [3.63, 3.8) is 0 Å². The third-order valence-electron chi connectivity index (χ3n) is 2.29. The number of hydrogen-bond donors (Lipinski definition) is 3. The molecule has 0 amide bonds. The number of nitrogens with two attached hydrogens (primary N) is 1. The highest BCUT2D eigenvalue weighted by atomic mass is 15.0. The van der Waals surface area contributed by atoms with Crippen LogP contribution in [0, 0.1) is 11.3 Å². The van der Waals surface area contributed by atoms with Gasteiger partial charge in [0.05, 0.1) is 0 Å². The first-order chi connectivity index (χ1) is 7.18. The molecule has 0 fully saturated rings. The number of guanidine groups is 1. The Labute approximate surface area is 90.4 Å². The van der Waals surface area contributed by atoms with E-state index < -0.39 is 0 Å². The van der Waals surface area contributed by atoms with E-state index in [1.807, 2.05) is 12.3 Å². The van der Waals surface area contributed by atoms with Crippen molar-refractivity contribution in [3.8, 4) is 0 Å². The molecule has 0 bridgehead atoms. The summed E-state index contributed by atoms with van der Waals surface area (Å²) in [6.07, 6.45) is 5.77. The fourth-order valence-corrected chi connectivity index (χ4v) is 1.35. The van der Waals surface area contributed by atoms with Gasteiger partial charge in [-0.3, -0.25) is 10.4 Å². The van der Waals surface area contributed by atoms with E-state index in [0.29, 0.717) is 5.92 Å². The summed E-state index contributed by atoms with van der Waals surface area (Å²) >= 11 is 0. The number of aryl methyl sites for hydroxylation is 1. The van der Waals surface area contributed by atoms with Gasteiger partial charge in [-0.2, -0.15) is 0 Å². The van der Waals surface area contributed by atoms with Crippen molar-refractivity contribution in [1.29, 1.82) is 5.41 Å². The average molecular weight is 206 g/mol. The van der Waals surface area contributed by atoms with Crippen LogP contribution in [-0.4, -0.2) is 17.5 Å². The van der Waals surface area contributed by atoms with Gasteiger partial charge in [0.25, 0.3) is 0 Å². The first-order valence-corrected chi connectivity index (χ1v) is 5.15. The summed E-state index contributed by atoms with van der Waals surface area (Å²) in [4.78, 5) is 4.07. The lowest BCUT2D eigenvalue weighted by molar-refractivity contribution is 0.520. The second kappa shape index (κ2) is 6.01. The number of rotatable bonds is 5. The minimum absolute atomic E-state index is 0.0447. The van der Waals surface area contributed by atoms with Crippen molar-refractivity contribution in [2.75, 3.05) is 6.54 Å². The first-order valence-electron chi connectivity index (χ1n) is 5.15. The van der Waals surface area contributed by atoms with E-state index in [2.05, 4.69) is 23.3 Å². The molecule has 1 atom stereocenters. The summed E-state index contributed by atoms with van der Waals surface area (Å²) in [7, 11) is 0. The topological polar surface area (TPSA) is 74.8 Å². The van der Waals surface area contributed by atoms with Gasteiger partial charge in [0, 0.05) is 18.9 Å². The predicted octanol–water partition coefficient (Wildman–Crippen LogP) is 1.13. The monoisotopic (exact) mass is 206 g/mol. The Bertz CT molecular complexity index is 297. The zero-order valence-corrected chi connectivity index (χ0v) is 9.03. The second-order valence-electron chi connectivity index (χ2n) is 3.80. The van der Waals surface area contributed by atoms with Gasteiger partial charge in [-0.05, 0) is 30.4 Å². The summed E-state index contributed by atoms with van der Waals surface area (Å²) in [5.41, 5.74) is 6.47. The van der Waals surface area contributed by atoms with Gasteiger partial charge in [-0.15, -0.1) is 0 Å². The Morgan fingerprint density at radius 1 is 1.67 bits per heavy atom. The van der Waals surface area contributed by atoms with Crippen LogP contribution in [0.25, 0.3) is 0 Å². The summed E-state index contributed by atoms with van der Waals surface area (Å²) in [6, 6.07) is 4.03. The lowest BCUT2D eigenvalue weighted by Gasteiger charge is -2.11. The molecule has 0 aliphatic carbocycles. The van der Waals surface area contributed by atoms with Gasteiger partial charge in [-0.25, -0.2) is 0 Å². The number of nitrogens with zero attached hydrogens (tertiary/aromatic N) is 1. The second-order valence-corrected chi connectivity index (χ2v) is 3.80. The van der Waals surface area contributed by atoms with Crippen LogP contribution in [0.5, 0.6) is 0 Å². The average Bonchev–Trinajstić information content (AvgIpc) is 2.25. The SMILES string of the molecule is CC(CCc1cccnc1)CNC(=N)N. The van der Waals surface area contributed by atoms with Gasteiger partial charge in [0.2, 0.25) is 0 Å². The molecular weight excluding hydrogens is 188 g/mol. The molecule has 1 aromatic rings. The highest BCUT2D eigenvalue weighted by Crippen LogP contribution is 2.07. The number of pyridine rings is 1. The molecule has 4 nitrogen and oxygen atoms in total. The van der Waals surface area contributed by atoms with Gasteiger partial charge >= 0.3 is 0 Å². The third-order valence-corrected chi connectivity index (χ3v) is 2.29. The molecular formula is C11H18N4. The molecule has 15 heavy (non-hydrogen) atoms. The Kier molecular flexibility index (Phi) is 4.60. The van der Waals surface area contributed by atoms with Crippen molar-refractivity contribution < 1.29 is 0 Å². The van der Waals surface area contributed by atoms with Crippen molar-refractivity contribution in [2.45, 2.75) is 19.8 Å². The van der Waals surface area contributed by atoms with Crippen LogP contribution in [0.15, 0.2) is 24.5 Å². The summed E-state index contributed by atoms with van der Waals surface area (Å²) in [5, 5.41) is 9.87. The molecule has 1 heterocycles. The Morgan fingerprint density at radius 2 is 2.47 bits per heavy atom. The highest BCUT2D eigenvalue weighted by molar-refractivity contribution is 5.74. The smallest absolute Gasteiger partial charge is 0.185 e. The zero-order chi connectivity index (χ0) is 11.1. The van der Waals surface area contributed by atoms with Gasteiger partial charge in [0.15, 0.2) is 5.96 Å². The van der Waals surface area contributed by atoms with Crippen molar-refractivity contribution in [3.05, 3.63) is 30.1 Å². The zero-order valence-electron chi connectivity index (χ0n) is 9.03. The molecule has 4 N–H and O–H groups in total. The normalized spacial score (nSPS) is 12.1. The number of nitrogens with one attached hydrogen (secondary N) is 2. The van der Waals surface area contributed by atoms with Crippen molar-refractivity contribution in [1.82, 2.24) is 10.3 Å². The number of hydrogen-bond acceptors (Lipinski definition) is 2. The maximum atomic E-state index is 7.04.